The van der Waals surface area contributed by atoms with Gasteiger partial charge in [-0.15, -0.1) is 0 Å². The Balaban J connectivity index is 1.01. The molecule has 0 fully saturated rings. The number of hydrogen-bond acceptors (Lipinski definition) is 2. The van der Waals surface area contributed by atoms with E-state index in [-0.39, 0.29) is 0 Å². The molecule has 0 atom stereocenters. The van der Waals surface area contributed by atoms with Gasteiger partial charge in [-0.1, -0.05) is 168 Å². The smallest absolute Gasteiger partial charge is 0.0641 e. The summed E-state index contributed by atoms with van der Waals surface area (Å²) in [6.45, 7) is 8.75. The fourth-order valence-electron chi connectivity index (χ4n) is 12.6. The molecule has 0 bridgehead atoms. The van der Waals surface area contributed by atoms with E-state index in [1.165, 1.54) is 121 Å². The monoisotopic (exact) mass is 946 g/mol. The van der Waals surface area contributed by atoms with Crippen LogP contribution in [0.5, 0.6) is 0 Å². The van der Waals surface area contributed by atoms with Gasteiger partial charge in [0, 0.05) is 65.6 Å². The van der Waals surface area contributed by atoms with Crippen LogP contribution in [0.1, 0.15) is 22.3 Å². The van der Waals surface area contributed by atoms with Crippen LogP contribution in [0.15, 0.2) is 231 Å². The van der Waals surface area contributed by atoms with Crippen LogP contribution >= 0.6 is 0 Å². The zero-order valence-electron chi connectivity index (χ0n) is 41.7. The van der Waals surface area contributed by atoms with Crippen molar-refractivity contribution in [1.29, 1.82) is 0 Å². The number of aryl methyl sites for hydroxylation is 4. The first-order valence-electron chi connectivity index (χ1n) is 25.8. The molecule has 15 rings (SSSR count). The highest BCUT2D eigenvalue weighted by Gasteiger charge is 2.29. The van der Waals surface area contributed by atoms with E-state index in [2.05, 4.69) is 277 Å². The lowest BCUT2D eigenvalue weighted by Crippen LogP contribution is -2.11. The van der Waals surface area contributed by atoms with Crippen LogP contribution in [-0.4, -0.2) is 8.80 Å². The number of rotatable bonds is 8. The van der Waals surface area contributed by atoms with Crippen LogP contribution in [0.3, 0.4) is 0 Å². The molecule has 0 N–H and O–H groups in total. The first-order chi connectivity index (χ1) is 36.4. The molecule has 4 nitrogen and oxygen atoms in total. The summed E-state index contributed by atoms with van der Waals surface area (Å²) in [6, 6.07) is 85.9. The number of aromatic nitrogens is 2. The van der Waals surface area contributed by atoms with Gasteiger partial charge in [-0.3, -0.25) is 0 Å². The molecule has 15 aromatic rings. The molecular formula is C70H50N4. The molecule has 74 heavy (non-hydrogen) atoms. The second-order valence-corrected chi connectivity index (χ2v) is 20.4. The Bertz CT molecular complexity index is 4410. The number of benzene rings is 11. The van der Waals surface area contributed by atoms with E-state index in [1.807, 2.05) is 0 Å². The number of hydrogen-bond donors (Lipinski definition) is 0. The van der Waals surface area contributed by atoms with Crippen LogP contribution in [-0.2, 0) is 0 Å². The minimum Gasteiger partial charge on any atom is -0.309 e. The van der Waals surface area contributed by atoms with Crippen molar-refractivity contribution in [2.75, 3.05) is 9.80 Å². The molecule has 0 aliphatic heterocycles. The summed E-state index contributed by atoms with van der Waals surface area (Å²) in [4.78, 5) is 4.98. The van der Waals surface area contributed by atoms with Crippen molar-refractivity contribution in [2.24, 2.45) is 0 Å². The highest BCUT2D eigenvalue weighted by atomic mass is 15.2. The van der Waals surface area contributed by atoms with Gasteiger partial charge in [-0.25, -0.2) is 0 Å². The maximum Gasteiger partial charge on any atom is 0.0641 e. The molecule has 11 aromatic carbocycles. The third kappa shape index (κ3) is 6.15. The van der Waals surface area contributed by atoms with E-state index in [1.54, 1.807) is 0 Å². The third-order valence-corrected chi connectivity index (χ3v) is 15.7. The molecule has 0 aliphatic rings. The van der Waals surface area contributed by atoms with Gasteiger partial charge in [0.15, 0.2) is 0 Å². The minimum atomic E-state index is 1.12. The Hall–Kier alpha value is -9.38. The number of nitrogens with zero attached hydrogens (tertiary/aromatic N) is 4. The van der Waals surface area contributed by atoms with Crippen LogP contribution < -0.4 is 9.80 Å². The summed E-state index contributed by atoms with van der Waals surface area (Å²) in [5.74, 6) is 0. The van der Waals surface area contributed by atoms with Gasteiger partial charge in [0.25, 0.3) is 0 Å². The second kappa shape index (κ2) is 16.1. The zero-order chi connectivity index (χ0) is 49.3. The predicted octanol–water partition coefficient (Wildman–Crippen LogP) is 19.5. The van der Waals surface area contributed by atoms with Crippen molar-refractivity contribution >= 4 is 110 Å². The number of fused-ring (bicyclic) bond motifs is 12. The van der Waals surface area contributed by atoms with Gasteiger partial charge < -0.3 is 18.6 Å². The van der Waals surface area contributed by atoms with Crippen molar-refractivity contribution in [3.05, 3.63) is 253 Å². The fraction of sp³-hybridized carbons (Fsp3) is 0.0571. The summed E-state index contributed by atoms with van der Waals surface area (Å²) < 4.78 is 5.11. The molecule has 0 aliphatic carbocycles. The van der Waals surface area contributed by atoms with Crippen molar-refractivity contribution in [1.82, 2.24) is 8.80 Å². The van der Waals surface area contributed by atoms with E-state index < -0.39 is 0 Å². The van der Waals surface area contributed by atoms with Crippen LogP contribution in [0, 0.1) is 27.7 Å². The maximum atomic E-state index is 2.55. The van der Waals surface area contributed by atoms with Crippen molar-refractivity contribution in [3.63, 3.8) is 0 Å². The Labute approximate surface area is 429 Å². The summed E-state index contributed by atoms with van der Waals surface area (Å²) in [5, 5.41) is 9.95. The molecule has 4 aromatic heterocycles. The summed E-state index contributed by atoms with van der Waals surface area (Å²) in [7, 11) is 0. The molecule has 4 heteroatoms. The standard InChI is InChI=1S/C70H50N4/c1-43-17-15-19-47(37-43)55-39-45(3)29-33-61(55)71(49-21-7-5-8-22-49)63-35-31-51-57-41-66-58(42-65(57)73-59-27-13-11-25-53(59)67(63)69(51)73)52-32-36-64(68-54-26-12-14-28-60(54)74(66)70(52)68)72(50-23-9-6-10-24-50)62-34-30-46(4)40-56(62)48-20-16-18-44(2)38-48/h5-42H,1-4H3. The minimum absolute atomic E-state index is 1.12. The lowest BCUT2D eigenvalue weighted by atomic mass is 9.97. The SMILES string of the molecule is Cc1cccc(-c2cc(C)ccc2N(c2ccccc2)c2ccc3c4cc5c(cc4n4c6ccccc6c2c34)c2ccc(N(c3ccccc3)c3ccc(C)cc3-c3cccc(C)c3)c3c4ccccc4n5c23)c1. The molecule has 0 radical (unpaired) electrons. The van der Waals surface area contributed by atoms with E-state index in [0.29, 0.717) is 0 Å². The molecule has 0 amide bonds. The van der Waals surface area contributed by atoms with Gasteiger partial charge in [-0.05, 0) is 124 Å². The average molecular weight is 947 g/mol. The van der Waals surface area contributed by atoms with Gasteiger partial charge >= 0.3 is 0 Å². The summed E-state index contributed by atoms with van der Waals surface area (Å²) in [6.07, 6.45) is 0. The zero-order valence-corrected chi connectivity index (χ0v) is 41.7. The highest BCUT2D eigenvalue weighted by molar-refractivity contribution is 6.32. The van der Waals surface area contributed by atoms with Gasteiger partial charge in [-0.2, -0.15) is 0 Å². The molecule has 0 unspecified atom stereocenters. The normalized spacial score (nSPS) is 12.1. The Morgan fingerprint density at radius 1 is 0.270 bits per heavy atom. The molecule has 0 saturated heterocycles. The molecule has 0 saturated carbocycles. The van der Waals surface area contributed by atoms with Crippen molar-refractivity contribution in [2.45, 2.75) is 27.7 Å². The Morgan fingerprint density at radius 3 is 1.09 bits per heavy atom. The van der Waals surface area contributed by atoms with E-state index >= 15 is 0 Å². The second-order valence-electron chi connectivity index (χ2n) is 20.4. The molecule has 350 valence electrons. The van der Waals surface area contributed by atoms with E-state index in [0.717, 1.165) is 34.1 Å². The average Bonchev–Trinajstić information content (AvgIpc) is 4.22. The Kier molecular flexibility index (Phi) is 9.19. The van der Waals surface area contributed by atoms with Gasteiger partial charge in [0.05, 0.1) is 55.8 Å². The highest BCUT2D eigenvalue weighted by Crippen LogP contribution is 2.53. The number of para-hydroxylation sites is 4. The van der Waals surface area contributed by atoms with Gasteiger partial charge in [0.2, 0.25) is 0 Å². The lowest BCUT2D eigenvalue weighted by molar-refractivity contribution is 1.29. The third-order valence-electron chi connectivity index (χ3n) is 15.7. The van der Waals surface area contributed by atoms with E-state index in [9.17, 15) is 0 Å². The van der Waals surface area contributed by atoms with Crippen molar-refractivity contribution in [3.8, 4) is 22.3 Å². The Morgan fingerprint density at radius 2 is 0.662 bits per heavy atom. The topological polar surface area (TPSA) is 15.3 Å². The molecular weight excluding hydrogens is 897 g/mol. The first-order valence-corrected chi connectivity index (χ1v) is 25.8. The number of anilines is 6. The maximum absolute atomic E-state index is 2.55. The summed E-state index contributed by atoms with van der Waals surface area (Å²) >= 11 is 0. The largest absolute Gasteiger partial charge is 0.309 e. The summed E-state index contributed by atoms with van der Waals surface area (Å²) in [5.41, 5.74) is 23.9. The van der Waals surface area contributed by atoms with Crippen molar-refractivity contribution < 1.29 is 0 Å². The predicted molar refractivity (Wildman–Crippen MR) is 315 cm³/mol. The van der Waals surface area contributed by atoms with Crippen LogP contribution in [0.4, 0.5) is 34.1 Å². The fourth-order valence-corrected chi connectivity index (χ4v) is 12.6. The first kappa shape index (κ1) is 42.3. The quantitative estimate of drug-likeness (QED) is 0.151. The van der Waals surface area contributed by atoms with Gasteiger partial charge in [0.1, 0.15) is 0 Å². The molecule has 4 heterocycles. The van der Waals surface area contributed by atoms with E-state index in [4.69, 9.17) is 0 Å². The van der Waals surface area contributed by atoms with Crippen LogP contribution in [0.25, 0.3) is 98.4 Å². The molecule has 0 spiro atoms. The lowest BCUT2D eigenvalue weighted by Gasteiger charge is -2.29. The van der Waals surface area contributed by atoms with Crippen LogP contribution in [0.2, 0.25) is 0 Å².